The van der Waals surface area contributed by atoms with E-state index in [1.807, 2.05) is 6.07 Å². The lowest BCUT2D eigenvalue weighted by Gasteiger charge is -2.29. The maximum absolute atomic E-state index is 8.83. The zero-order chi connectivity index (χ0) is 14.0. The molecule has 0 unspecified atom stereocenters. The summed E-state index contributed by atoms with van der Waals surface area (Å²) in [6, 6.07) is 7.30. The first-order chi connectivity index (χ1) is 9.71. The molecule has 0 bridgehead atoms. The highest BCUT2D eigenvalue weighted by molar-refractivity contribution is 8.14. The molecule has 2 aliphatic rings. The van der Waals surface area contributed by atoms with E-state index < -0.39 is 0 Å². The third kappa shape index (κ3) is 2.78. The zero-order valence-corrected chi connectivity index (χ0v) is 12.4. The highest BCUT2D eigenvalue weighted by Gasteiger charge is 2.37. The van der Waals surface area contributed by atoms with Crippen LogP contribution in [0.4, 0.5) is 5.69 Å². The van der Waals surface area contributed by atoms with Gasteiger partial charge in [-0.2, -0.15) is 5.26 Å². The summed E-state index contributed by atoms with van der Waals surface area (Å²) < 4.78 is 5.40. The highest BCUT2D eigenvalue weighted by Crippen LogP contribution is 2.36. The van der Waals surface area contributed by atoms with Gasteiger partial charge in [0.15, 0.2) is 5.17 Å². The maximum atomic E-state index is 8.83. The van der Waals surface area contributed by atoms with Gasteiger partial charge < -0.3 is 10.1 Å². The van der Waals surface area contributed by atoms with Crippen LogP contribution in [0, 0.1) is 11.3 Å². The Hall–Kier alpha value is -1.22. The van der Waals surface area contributed by atoms with Crippen LogP contribution >= 0.6 is 23.4 Å². The number of aliphatic imine (C=N–C) groups is 1. The van der Waals surface area contributed by atoms with Crippen molar-refractivity contribution in [3.05, 3.63) is 28.8 Å². The SMILES string of the molecule is N#Cc1ccc(NC2=NC3(CCOCC3)CS2)c(Cl)c1. The van der Waals surface area contributed by atoms with Crippen LogP contribution in [-0.4, -0.2) is 29.7 Å². The molecule has 2 heterocycles. The number of amidine groups is 1. The van der Waals surface area contributed by atoms with E-state index in [1.54, 1.807) is 23.9 Å². The number of hydrogen-bond acceptors (Lipinski definition) is 5. The summed E-state index contributed by atoms with van der Waals surface area (Å²) in [6.45, 7) is 1.57. The molecule has 6 heteroatoms. The minimum atomic E-state index is 0.0321. The Kier molecular flexibility index (Phi) is 3.88. The fraction of sp³-hybridized carbons (Fsp3) is 0.429. The largest absolute Gasteiger partial charge is 0.381 e. The number of rotatable bonds is 1. The number of nitrogens with one attached hydrogen (secondary N) is 1. The molecule has 20 heavy (non-hydrogen) atoms. The smallest absolute Gasteiger partial charge is 0.161 e. The molecule has 1 aromatic carbocycles. The van der Waals surface area contributed by atoms with E-state index in [-0.39, 0.29) is 5.54 Å². The lowest BCUT2D eigenvalue weighted by Crippen LogP contribution is -2.34. The molecule has 0 saturated carbocycles. The van der Waals surface area contributed by atoms with Gasteiger partial charge in [-0.25, -0.2) is 0 Å². The predicted molar refractivity (Wildman–Crippen MR) is 82.5 cm³/mol. The molecular weight excluding hydrogens is 294 g/mol. The molecule has 0 amide bonds. The number of anilines is 1. The fourth-order valence-corrected chi connectivity index (χ4v) is 3.78. The third-order valence-corrected chi connectivity index (χ3v) is 5.04. The molecule has 104 valence electrons. The second-order valence-electron chi connectivity index (χ2n) is 4.97. The summed E-state index contributed by atoms with van der Waals surface area (Å²) in [5, 5.41) is 13.5. The number of hydrogen-bond donors (Lipinski definition) is 1. The molecule has 1 fully saturated rings. The quantitative estimate of drug-likeness (QED) is 0.865. The molecule has 4 nitrogen and oxygen atoms in total. The molecule has 1 spiro atoms. The highest BCUT2D eigenvalue weighted by atomic mass is 35.5. The summed E-state index contributed by atoms with van der Waals surface area (Å²) in [4.78, 5) is 4.82. The molecular formula is C14H14ClN3OS. The number of thioether (sulfide) groups is 1. The van der Waals surface area contributed by atoms with Gasteiger partial charge in [-0.1, -0.05) is 23.4 Å². The first-order valence-corrected chi connectivity index (χ1v) is 7.84. The average Bonchev–Trinajstić information content (AvgIpc) is 2.84. The van der Waals surface area contributed by atoms with E-state index >= 15 is 0 Å². The van der Waals surface area contributed by atoms with Gasteiger partial charge in [0.1, 0.15) is 0 Å². The van der Waals surface area contributed by atoms with Crippen molar-refractivity contribution in [2.24, 2.45) is 4.99 Å². The Morgan fingerprint density at radius 1 is 1.40 bits per heavy atom. The van der Waals surface area contributed by atoms with Crippen LogP contribution in [0.2, 0.25) is 5.02 Å². The molecule has 0 aromatic heterocycles. The van der Waals surface area contributed by atoms with Crippen molar-refractivity contribution in [1.82, 2.24) is 0 Å². The molecule has 3 rings (SSSR count). The molecule has 1 saturated heterocycles. The second-order valence-corrected chi connectivity index (χ2v) is 6.35. The summed E-state index contributed by atoms with van der Waals surface area (Å²) >= 11 is 7.89. The number of nitrogens with zero attached hydrogens (tertiary/aromatic N) is 2. The Morgan fingerprint density at radius 3 is 2.90 bits per heavy atom. The summed E-state index contributed by atoms with van der Waals surface area (Å²) in [6.07, 6.45) is 1.96. The van der Waals surface area contributed by atoms with Crippen molar-refractivity contribution in [3.8, 4) is 6.07 Å². The van der Waals surface area contributed by atoms with E-state index in [0.29, 0.717) is 10.6 Å². The molecule has 1 N–H and O–H groups in total. The van der Waals surface area contributed by atoms with Gasteiger partial charge in [0, 0.05) is 19.0 Å². The standard InChI is InChI=1S/C14H14ClN3OS/c15-11-7-10(8-16)1-2-12(11)17-13-18-14(9-20-13)3-5-19-6-4-14/h1-2,7H,3-6,9H2,(H,17,18). The van der Waals surface area contributed by atoms with Crippen LogP contribution in [0.3, 0.4) is 0 Å². The monoisotopic (exact) mass is 307 g/mol. The normalized spacial score (nSPS) is 20.5. The van der Waals surface area contributed by atoms with E-state index in [4.69, 9.17) is 26.6 Å². The molecule has 1 aromatic rings. The lowest BCUT2D eigenvalue weighted by molar-refractivity contribution is 0.0624. The Labute approximate surface area is 127 Å². The zero-order valence-electron chi connectivity index (χ0n) is 10.9. The fourth-order valence-electron chi connectivity index (χ4n) is 2.36. The van der Waals surface area contributed by atoms with Crippen LogP contribution in [0.25, 0.3) is 0 Å². The Bertz CT molecular complexity index is 591. The van der Waals surface area contributed by atoms with Crippen molar-refractivity contribution >= 4 is 34.2 Å². The first kappa shape index (κ1) is 13.7. The molecule has 0 atom stereocenters. The second kappa shape index (κ2) is 5.65. The first-order valence-electron chi connectivity index (χ1n) is 6.48. The Balaban J connectivity index is 1.75. The van der Waals surface area contributed by atoms with Crippen LogP contribution in [-0.2, 0) is 4.74 Å². The number of nitriles is 1. The van der Waals surface area contributed by atoms with Gasteiger partial charge >= 0.3 is 0 Å². The van der Waals surface area contributed by atoms with Gasteiger partial charge in [-0.3, -0.25) is 4.99 Å². The van der Waals surface area contributed by atoms with Gasteiger partial charge in [0.2, 0.25) is 0 Å². The minimum absolute atomic E-state index is 0.0321. The average molecular weight is 308 g/mol. The van der Waals surface area contributed by atoms with Crippen LogP contribution < -0.4 is 5.32 Å². The van der Waals surface area contributed by atoms with Crippen molar-refractivity contribution < 1.29 is 4.74 Å². The third-order valence-electron chi connectivity index (χ3n) is 3.58. The van der Waals surface area contributed by atoms with Crippen molar-refractivity contribution in [2.75, 3.05) is 24.3 Å². The van der Waals surface area contributed by atoms with Gasteiger partial charge in [0.05, 0.1) is 27.9 Å². The number of halogens is 1. The van der Waals surface area contributed by atoms with E-state index in [0.717, 1.165) is 42.7 Å². The van der Waals surface area contributed by atoms with Crippen molar-refractivity contribution in [3.63, 3.8) is 0 Å². The Morgan fingerprint density at radius 2 is 2.20 bits per heavy atom. The molecule has 2 aliphatic heterocycles. The van der Waals surface area contributed by atoms with Crippen molar-refractivity contribution in [1.29, 1.82) is 5.26 Å². The molecule has 0 radical (unpaired) electrons. The minimum Gasteiger partial charge on any atom is -0.381 e. The van der Waals surface area contributed by atoms with Crippen LogP contribution in [0.1, 0.15) is 18.4 Å². The lowest BCUT2D eigenvalue weighted by atomic mass is 9.93. The van der Waals surface area contributed by atoms with Gasteiger partial charge in [-0.05, 0) is 31.0 Å². The van der Waals surface area contributed by atoms with Gasteiger partial charge in [0.25, 0.3) is 0 Å². The summed E-state index contributed by atoms with van der Waals surface area (Å²) in [5.74, 6) is 0.993. The summed E-state index contributed by atoms with van der Waals surface area (Å²) in [7, 11) is 0. The predicted octanol–water partition coefficient (Wildman–Crippen LogP) is 3.28. The van der Waals surface area contributed by atoms with E-state index in [9.17, 15) is 0 Å². The number of ether oxygens (including phenoxy) is 1. The van der Waals surface area contributed by atoms with E-state index in [2.05, 4.69) is 11.4 Å². The van der Waals surface area contributed by atoms with Gasteiger partial charge in [-0.15, -0.1) is 0 Å². The van der Waals surface area contributed by atoms with Crippen molar-refractivity contribution in [2.45, 2.75) is 18.4 Å². The van der Waals surface area contributed by atoms with Crippen LogP contribution in [0.15, 0.2) is 23.2 Å². The van der Waals surface area contributed by atoms with E-state index in [1.165, 1.54) is 0 Å². The molecule has 0 aliphatic carbocycles. The topological polar surface area (TPSA) is 57.4 Å². The number of benzene rings is 1. The maximum Gasteiger partial charge on any atom is 0.161 e. The van der Waals surface area contributed by atoms with Crippen LogP contribution in [0.5, 0.6) is 0 Å². The summed E-state index contributed by atoms with van der Waals surface area (Å²) in [5.41, 5.74) is 1.38.